The number of aliphatic hydroxyl groups is 1. The van der Waals surface area contributed by atoms with Crippen LogP contribution < -0.4 is 9.64 Å². The molecule has 18 heavy (non-hydrogen) atoms. The van der Waals surface area contributed by atoms with Crippen molar-refractivity contribution in [3.05, 3.63) is 24.3 Å². The van der Waals surface area contributed by atoms with Crippen molar-refractivity contribution < 1.29 is 14.6 Å². The summed E-state index contributed by atoms with van der Waals surface area (Å²) in [6, 6.07) is 7.43. The first kappa shape index (κ1) is 12.9. The zero-order valence-corrected chi connectivity index (χ0v) is 10.8. The van der Waals surface area contributed by atoms with Gasteiger partial charge in [0, 0.05) is 5.69 Å². The Morgan fingerprint density at radius 3 is 2.61 bits per heavy atom. The first-order chi connectivity index (χ1) is 8.60. The van der Waals surface area contributed by atoms with E-state index in [0.717, 1.165) is 17.9 Å². The fourth-order valence-electron chi connectivity index (χ4n) is 1.96. The van der Waals surface area contributed by atoms with E-state index in [-0.39, 0.29) is 18.4 Å². The van der Waals surface area contributed by atoms with Crippen LogP contribution in [0.15, 0.2) is 24.3 Å². The molecule has 2 unspecified atom stereocenters. The summed E-state index contributed by atoms with van der Waals surface area (Å²) >= 11 is 0. The SMILES string of the molecule is CCC(C)Oc1ccc(N2CC(O)CC2=O)cc1. The Hall–Kier alpha value is -1.55. The van der Waals surface area contributed by atoms with E-state index in [0.29, 0.717) is 6.54 Å². The molecule has 0 saturated carbocycles. The number of rotatable bonds is 4. The van der Waals surface area contributed by atoms with E-state index in [1.165, 1.54) is 0 Å². The summed E-state index contributed by atoms with van der Waals surface area (Å²) in [6.07, 6.45) is 0.809. The monoisotopic (exact) mass is 249 g/mol. The largest absolute Gasteiger partial charge is 0.491 e. The van der Waals surface area contributed by atoms with Gasteiger partial charge in [0.2, 0.25) is 5.91 Å². The highest BCUT2D eigenvalue weighted by atomic mass is 16.5. The summed E-state index contributed by atoms with van der Waals surface area (Å²) in [5.74, 6) is 0.776. The van der Waals surface area contributed by atoms with Crippen LogP contribution in [0.1, 0.15) is 26.7 Å². The average molecular weight is 249 g/mol. The highest BCUT2D eigenvalue weighted by Gasteiger charge is 2.28. The number of carbonyl (C=O) groups excluding carboxylic acids is 1. The number of anilines is 1. The minimum absolute atomic E-state index is 0.0295. The molecular formula is C14H19NO3. The van der Waals surface area contributed by atoms with Crippen LogP contribution in [0, 0.1) is 0 Å². The second kappa shape index (κ2) is 5.40. The third kappa shape index (κ3) is 2.82. The van der Waals surface area contributed by atoms with Crippen molar-refractivity contribution in [1.82, 2.24) is 0 Å². The normalized spacial score (nSPS) is 21.2. The molecule has 1 aromatic rings. The topological polar surface area (TPSA) is 49.8 Å². The van der Waals surface area contributed by atoms with Crippen molar-refractivity contribution in [3.63, 3.8) is 0 Å². The van der Waals surface area contributed by atoms with Gasteiger partial charge < -0.3 is 14.7 Å². The van der Waals surface area contributed by atoms with Gasteiger partial charge in [-0.25, -0.2) is 0 Å². The minimum Gasteiger partial charge on any atom is -0.491 e. The first-order valence-corrected chi connectivity index (χ1v) is 6.35. The maximum atomic E-state index is 11.6. The van der Waals surface area contributed by atoms with Gasteiger partial charge in [0.1, 0.15) is 5.75 Å². The number of ether oxygens (including phenoxy) is 1. The molecule has 98 valence electrons. The van der Waals surface area contributed by atoms with Gasteiger partial charge in [-0.1, -0.05) is 6.92 Å². The fourth-order valence-corrected chi connectivity index (χ4v) is 1.96. The number of β-amino-alcohol motifs (C(OH)–C–C–N with tert-alkyl or cyclic N) is 1. The number of nitrogens with zero attached hydrogens (tertiary/aromatic N) is 1. The summed E-state index contributed by atoms with van der Waals surface area (Å²) in [5, 5.41) is 9.45. The predicted octanol–water partition coefficient (Wildman–Crippen LogP) is 1.96. The Balaban J connectivity index is 2.06. The van der Waals surface area contributed by atoms with Crippen LogP contribution in [-0.4, -0.2) is 29.8 Å². The third-order valence-corrected chi connectivity index (χ3v) is 3.17. The number of benzene rings is 1. The zero-order valence-electron chi connectivity index (χ0n) is 10.8. The molecule has 1 heterocycles. The zero-order chi connectivity index (χ0) is 13.1. The lowest BCUT2D eigenvalue weighted by Gasteiger charge is -2.17. The van der Waals surface area contributed by atoms with E-state index in [1.54, 1.807) is 4.90 Å². The lowest BCUT2D eigenvalue weighted by molar-refractivity contribution is -0.117. The summed E-state index contributed by atoms with van der Waals surface area (Å²) in [4.78, 5) is 13.2. The Morgan fingerprint density at radius 1 is 1.44 bits per heavy atom. The van der Waals surface area contributed by atoms with Crippen molar-refractivity contribution in [3.8, 4) is 5.75 Å². The van der Waals surface area contributed by atoms with Crippen molar-refractivity contribution in [2.75, 3.05) is 11.4 Å². The summed E-state index contributed by atoms with van der Waals surface area (Å²) in [7, 11) is 0. The lowest BCUT2D eigenvalue weighted by atomic mass is 10.2. The average Bonchev–Trinajstić information content (AvgIpc) is 2.69. The van der Waals surface area contributed by atoms with Crippen molar-refractivity contribution in [2.24, 2.45) is 0 Å². The number of hydrogen-bond donors (Lipinski definition) is 1. The van der Waals surface area contributed by atoms with Crippen LogP contribution in [0.3, 0.4) is 0 Å². The van der Waals surface area contributed by atoms with Crippen LogP contribution in [0.5, 0.6) is 5.75 Å². The van der Waals surface area contributed by atoms with E-state index in [4.69, 9.17) is 4.74 Å². The molecule has 1 amide bonds. The van der Waals surface area contributed by atoms with Crippen LogP contribution >= 0.6 is 0 Å². The Morgan fingerprint density at radius 2 is 2.11 bits per heavy atom. The molecule has 1 aliphatic heterocycles. The molecule has 2 rings (SSSR count). The van der Waals surface area contributed by atoms with E-state index >= 15 is 0 Å². The molecule has 1 aromatic carbocycles. The smallest absolute Gasteiger partial charge is 0.229 e. The molecule has 1 fully saturated rings. The molecule has 2 atom stereocenters. The van der Waals surface area contributed by atoms with Gasteiger partial charge in [0.15, 0.2) is 0 Å². The van der Waals surface area contributed by atoms with Gasteiger partial charge in [-0.05, 0) is 37.6 Å². The van der Waals surface area contributed by atoms with Crippen molar-refractivity contribution in [2.45, 2.75) is 38.9 Å². The number of carbonyl (C=O) groups is 1. The highest BCUT2D eigenvalue weighted by molar-refractivity contribution is 5.96. The van der Waals surface area contributed by atoms with Gasteiger partial charge in [0.05, 0.1) is 25.2 Å². The van der Waals surface area contributed by atoms with Gasteiger partial charge in [-0.3, -0.25) is 4.79 Å². The Kier molecular flexibility index (Phi) is 3.87. The minimum atomic E-state index is -0.548. The second-order valence-corrected chi connectivity index (χ2v) is 4.69. The van der Waals surface area contributed by atoms with Gasteiger partial charge in [-0.2, -0.15) is 0 Å². The van der Waals surface area contributed by atoms with Gasteiger partial charge in [0.25, 0.3) is 0 Å². The molecule has 1 aliphatic rings. The standard InChI is InChI=1S/C14H19NO3/c1-3-10(2)18-13-6-4-11(5-7-13)15-9-12(16)8-14(15)17/h4-7,10,12,16H,3,8-9H2,1-2H3. The van der Waals surface area contributed by atoms with Crippen LogP contribution in [-0.2, 0) is 4.79 Å². The highest BCUT2D eigenvalue weighted by Crippen LogP contribution is 2.24. The molecule has 0 aromatic heterocycles. The van der Waals surface area contributed by atoms with Gasteiger partial charge >= 0.3 is 0 Å². The first-order valence-electron chi connectivity index (χ1n) is 6.35. The fraction of sp³-hybridized carbons (Fsp3) is 0.500. The Bertz CT molecular complexity index is 416. The number of aliphatic hydroxyl groups excluding tert-OH is 1. The van der Waals surface area contributed by atoms with E-state index in [2.05, 4.69) is 6.92 Å². The molecule has 4 heteroatoms. The summed E-state index contributed by atoms with van der Waals surface area (Å²) in [5.41, 5.74) is 0.813. The van der Waals surface area contributed by atoms with Gasteiger partial charge in [-0.15, -0.1) is 0 Å². The van der Waals surface area contributed by atoms with Crippen LogP contribution in [0.4, 0.5) is 5.69 Å². The molecule has 4 nitrogen and oxygen atoms in total. The lowest BCUT2D eigenvalue weighted by Crippen LogP contribution is -2.25. The molecule has 0 radical (unpaired) electrons. The molecule has 0 spiro atoms. The predicted molar refractivity (Wildman–Crippen MR) is 69.8 cm³/mol. The van der Waals surface area contributed by atoms with Crippen molar-refractivity contribution >= 4 is 11.6 Å². The molecular weight excluding hydrogens is 230 g/mol. The number of amides is 1. The Labute approximate surface area is 107 Å². The van der Waals surface area contributed by atoms with Crippen LogP contribution in [0.25, 0.3) is 0 Å². The second-order valence-electron chi connectivity index (χ2n) is 4.69. The van der Waals surface area contributed by atoms with E-state index in [9.17, 15) is 9.90 Å². The quantitative estimate of drug-likeness (QED) is 0.887. The van der Waals surface area contributed by atoms with E-state index < -0.39 is 6.10 Å². The molecule has 0 bridgehead atoms. The molecule has 0 aliphatic carbocycles. The van der Waals surface area contributed by atoms with E-state index in [1.807, 2.05) is 31.2 Å². The summed E-state index contributed by atoms with van der Waals surface area (Å²) < 4.78 is 5.68. The maximum Gasteiger partial charge on any atom is 0.229 e. The van der Waals surface area contributed by atoms with Crippen molar-refractivity contribution in [1.29, 1.82) is 0 Å². The van der Waals surface area contributed by atoms with Crippen LogP contribution in [0.2, 0.25) is 0 Å². The third-order valence-electron chi connectivity index (χ3n) is 3.17. The summed E-state index contributed by atoms with van der Waals surface area (Å²) in [6.45, 7) is 4.47. The molecule has 1 N–H and O–H groups in total. The number of hydrogen-bond acceptors (Lipinski definition) is 3. The maximum absolute atomic E-state index is 11.6. The molecule has 1 saturated heterocycles.